The van der Waals surface area contributed by atoms with E-state index in [2.05, 4.69) is 56.8 Å². The lowest BCUT2D eigenvalue weighted by Crippen LogP contribution is -1.98. The molecule has 0 saturated heterocycles. The molecule has 4 heterocycles. The monoisotopic (exact) mass is 444 g/mol. The van der Waals surface area contributed by atoms with Gasteiger partial charge in [0.05, 0.1) is 22.0 Å². The van der Waals surface area contributed by atoms with Gasteiger partial charge in [-0.1, -0.05) is 11.6 Å². The van der Waals surface area contributed by atoms with Gasteiger partial charge in [0.1, 0.15) is 17.5 Å². The largest absolute Gasteiger partial charge is 0.427 e. The molecule has 2 aliphatic rings. The Hall–Kier alpha value is -1.71. The van der Waals surface area contributed by atoms with Crippen molar-refractivity contribution in [2.24, 2.45) is 0 Å². The van der Waals surface area contributed by atoms with Crippen LogP contribution in [0.5, 0.6) is 0 Å². The van der Waals surface area contributed by atoms with Crippen LogP contribution < -0.4 is 0 Å². The molecule has 0 bridgehead atoms. The van der Waals surface area contributed by atoms with Crippen LogP contribution in [0.25, 0.3) is 22.7 Å². The Labute approximate surface area is 146 Å². The number of imidazole rings is 2. The van der Waals surface area contributed by atoms with E-state index in [1.54, 1.807) is 18.6 Å². The minimum atomic E-state index is 0.466. The number of aromatic nitrogens is 6. The molecule has 0 aliphatic carbocycles. The van der Waals surface area contributed by atoms with Crippen molar-refractivity contribution in [3.63, 3.8) is 0 Å². The second kappa shape index (κ2) is 6.19. The molecule has 0 unspecified atom stereocenters. The van der Waals surface area contributed by atoms with Crippen LogP contribution >= 0.6 is 43.5 Å². The molecule has 0 radical (unpaired) electrons. The van der Waals surface area contributed by atoms with E-state index in [1.165, 1.54) is 12.5 Å². The Morgan fingerprint density at radius 2 is 2.00 bits per heavy atom. The summed E-state index contributed by atoms with van der Waals surface area (Å²) in [5.74, 6) is 0.466. The van der Waals surface area contributed by atoms with E-state index >= 15 is 0 Å². The van der Waals surface area contributed by atoms with E-state index in [0.717, 1.165) is 19.2 Å². The summed E-state index contributed by atoms with van der Waals surface area (Å²) in [5, 5.41) is 9.84. The van der Waals surface area contributed by atoms with E-state index in [9.17, 15) is 5.21 Å². The molecule has 0 atom stereocenters. The number of rotatable bonds is 0. The third kappa shape index (κ3) is 2.92. The Balaban J connectivity index is 0.000000131. The number of H-pyrrole nitrogens is 1. The van der Waals surface area contributed by atoms with Crippen LogP contribution in [0.15, 0.2) is 40.1 Å². The lowest BCUT2D eigenvalue weighted by Gasteiger charge is -2.02. The molecule has 7 nitrogen and oxygen atoms in total. The molecule has 4 rings (SSSR count). The summed E-state index contributed by atoms with van der Waals surface area (Å²) in [6.07, 6.45) is 6.11. The summed E-state index contributed by atoms with van der Waals surface area (Å²) in [7, 11) is 0. The number of hydrogen-bond donors (Lipinski definition) is 2. The number of halogens is 3. The third-order valence-electron chi connectivity index (χ3n) is 2.69. The van der Waals surface area contributed by atoms with Crippen LogP contribution in [0.2, 0.25) is 5.02 Å². The molecule has 0 aromatic carbocycles. The van der Waals surface area contributed by atoms with Gasteiger partial charge in [-0.15, -0.1) is 0 Å². The van der Waals surface area contributed by atoms with E-state index in [4.69, 9.17) is 11.6 Å². The van der Waals surface area contributed by atoms with E-state index in [-0.39, 0.29) is 0 Å². The van der Waals surface area contributed by atoms with Crippen molar-refractivity contribution < 1.29 is 5.21 Å². The van der Waals surface area contributed by atoms with Crippen LogP contribution in [0, 0.1) is 0 Å². The molecule has 2 aliphatic heterocycles. The molecule has 0 saturated carbocycles. The van der Waals surface area contributed by atoms with Crippen molar-refractivity contribution in [2.45, 2.75) is 0 Å². The van der Waals surface area contributed by atoms with Gasteiger partial charge in [0.2, 0.25) is 0 Å². The highest BCUT2D eigenvalue weighted by Gasteiger charge is 2.09. The smallest absolute Gasteiger partial charge is 0.195 e. The summed E-state index contributed by atoms with van der Waals surface area (Å²) < 4.78 is 2.48. The molecule has 112 valence electrons. The van der Waals surface area contributed by atoms with Crippen molar-refractivity contribution in [2.75, 3.05) is 0 Å². The standard InChI is InChI=1S/C6H3BrClN3.C6H4BrN3O/c7-3-1-9-6-5(4(3)8)10-2-11-6;7-4-1-5-6(9-3-8-5)10(11)2-4/h1-2H,(H,9,10,11);1-3,11H. The molecule has 0 fully saturated rings. The Morgan fingerprint density at radius 3 is 2.82 bits per heavy atom. The fourth-order valence-electron chi connectivity index (χ4n) is 1.73. The maximum atomic E-state index is 9.23. The van der Waals surface area contributed by atoms with Crippen molar-refractivity contribution in [1.82, 2.24) is 29.7 Å². The zero-order chi connectivity index (χ0) is 15.7. The minimum Gasteiger partial charge on any atom is -0.427 e. The number of pyridine rings is 2. The zero-order valence-electron chi connectivity index (χ0n) is 10.7. The second-order valence-corrected chi connectivity index (χ2v) is 6.25. The second-order valence-electron chi connectivity index (χ2n) is 4.11. The first-order valence-corrected chi connectivity index (χ1v) is 7.83. The number of fused-ring (bicyclic) bond motifs is 2. The van der Waals surface area contributed by atoms with Crippen LogP contribution in [-0.4, -0.2) is 34.9 Å². The normalized spacial score (nSPS) is 10.7. The number of hydrogen-bond acceptors (Lipinski definition) is 5. The van der Waals surface area contributed by atoms with Gasteiger partial charge >= 0.3 is 0 Å². The van der Waals surface area contributed by atoms with Crippen molar-refractivity contribution in [3.8, 4) is 11.5 Å². The van der Waals surface area contributed by atoms with Crippen LogP contribution in [0.3, 0.4) is 0 Å². The molecule has 2 aromatic rings. The summed E-state index contributed by atoms with van der Waals surface area (Å²) in [5.41, 5.74) is 2.07. The van der Waals surface area contributed by atoms with E-state index in [0.29, 0.717) is 22.2 Å². The minimum absolute atomic E-state index is 0.466. The Kier molecular flexibility index (Phi) is 4.27. The average molecular weight is 446 g/mol. The lowest BCUT2D eigenvalue weighted by atomic mass is 10.3. The number of nitrogens with zero attached hydrogens (tertiary/aromatic N) is 5. The molecule has 10 heteroatoms. The highest BCUT2D eigenvalue weighted by Crippen LogP contribution is 2.26. The van der Waals surface area contributed by atoms with Gasteiger partial charge in [-0.25, -0.2) is 19.9 Å². The highest BCUT2D eigenvalue weighted by molar-refractivity contribution is 9.10. The highest BCUT2D eigenvalue weighted by atomic mass is 79.9. The molecule has 0 amide bonds. The van der Waals surface area contributed by atoms with Gasteiger partial charge in [-0.05, 0) is 37.9 Å². The zero-order valence-corrected chi connectivity index (χ0v) is 14.6. The summed E-state index contributed by atoms with van der Waals surface area (Å²) in [4.78, 5) is 18.6. The Morgan fingerprint density at radius 1 is 1.18 bits per heavy atom. The van der Waals surface area contributed by atoms with E-state index < -0.39 is 0 Å². The molecule has 2 N–H and O–H groups in total. The number of aromatic amines is 1. The van der Waals surface area contributed by atoms with Crippen LogP contribution in [-0.2, 0) is 0 Å². The quantitative estimate of drug-likeness (QED) is 0.401. The van der Waals surface area contributed by atoms with Crippen LogP contribution in [0.4, 0.5) is 0 Å². The fraction of sp³-hybridized carbons (Fsp3) is 0. The van der Waals surface area contributed by atoms with Gasteiger partial charge in [0, 0.05) is 10.7 Å². The fourth-order valence-corrected chi connectivity index (χ4v) is 2.63. The van der Waals surface area contributed by atoms with Crippen molar-refractivity contribution in [1.29, 1.82) is 0 Å². The first-order valence-electron chi connectivity index (χ1n) is 5.87. The van der Waals surface area contributed by atoms with Crippen LogP contribution in [0.1, 0.15) is 0 Å². The van der Waals surface area contributed by atoms with Crippen molar-refractivity contribution in [3.05, 3.63) is 45.1 Å². The first-order chi connectivity index (χ1) is 10.6. The molecule has 0 spiro atoms. The lowest BCUT2D eigenvalue weighted by molar-refractivity contribution is 0.186. The predicted molar refractivity (Wildman–Crippen MR) is 88.1 cm³/mol. The summed E-state index contributed by atoms with van der Waals surface area (Å²) in [6.45, 7) is 0. The topological polar surface area (TPSA) is 92.5 Å². The van der Waals surface area contributed by atoms with Crippen molar-refractivity contribution >= 4 is 54.6 Å². The maximum Gasteiger partial charge on any atom is 0.195 e. The molecule has 22 heavy (non-hydrogen) atoms. The van der Waals surface area contributed by atoms with Gasteiger partial charge in [0.15, 0.2) is 11.5 Å². The van der Waals surface area contributed by atoms with E-state index in [1.807, 2.05) is 0 Å². The number of nitrogens with one attached hydrogen (secondary N) is 1. The van der Waals surface area contributed by atoms with Gasteiger partial charge in [-0.2, -0.15) is 4.73 Å². The van der Waals surface area contributed by atoms with Gasteiger partial charge < -0.3 is 10.2 Å². The molecule has 2 aromatic heterocycles. The Bertz CT molecular complexity index is 908. The van der Waals surface area contributed by atoms with Gasteiger partial charge in [0.25, 0.3) is 0 Å². The van der Waals surface area contributed by atoms with Gasteiger partial charge in [-0.3, -0.25) is 0 Å². The molecular weight excluding hydrogens is 439 g/mol. The third-order valence-corrected chi connectivity index (χ3v) is 4.35. The average Bonchev–Trinajstić information content (AvgIpc) is 3.12. The molecular formula is C12H7Br2ClN6O. The summed E-state index contributed by atoms with van der Waals surface area (Å²) in [6, 6.07) is 1.79. The first kappa shape index (κ1) is 15.2. The maximum absolute atomic E-state index is 9.23. The predicted octanol–water partition coefficient (Wildman–Crippen LogP) is 3.76. The SMILES string of the molecule is Clc1c(Br)cnc2nc[nH]c12.On1cc(Br)cc2ncnc1-2. The summed E-state index contributed by atoms with van der Waals surface area (Å²) >= 11 is 12.4.